The Bertz CT molecular complexity index is 681. The third-order valence-electron chi connectivity index (χ3n) is 3.96. The molecular formula is C19H23FN2O2. The van der Waals surface area contributed by atoms with Gasteiger partial charge in [-0.3, -0.25) is 0 Å². The van der Waals surface area contributed by atoms with E-state index in [1.165, 1.54) is 12.1 Å². The molecule has 0 saturated heterocycles. The third kappa shape index (κ3) is 4.32. The van der Waals surface area contributed by atoms with E-state index in [0.717, 1.165) is 29.7 Å². The standard InChI is InChI=1S/C19H23FN2O2/c1-3-13-8-7-9-14(4-2)18(13)22-19(24)21-12-17(23)15-10-5-6-11-16(15)20/h5-11,17,23H,3-4,12H2,1-2H3,(H2,21,22,24). The molecule has 1 atom stereocenters. The monoisotopic (exact) mass is 330 g/mol. The van der Waals surface area contributed by atoms with Crippen LogP contribution in [0.4, 0.5) is 14.9 Å². The number of urea groups is 1. The van der Waals surface area contributed by atoms with Crippen molar-refractivity contribution in [3.05, 3.63) is 65.0 Å². The Morgan fingerprint density at radius 1 is 1.08 bits per heavy atom. The fourth-order valence-electron chi connectivity index (χ4n) is 2.61. The summed E-state index contributed by atoms with van der Waals surface area (Å²) in [7, 11) is 0. The van der Waals surface area contributed by atoms with Crippen molar-refractivity contribution in [1.82, 2.24) is 5.32 Å². The third-order valence-corrected chi connectivity index (χ3v) is 3.96. The average molecular weight is 330 g/mol. The number of benzene rings is 2. The fourth-order valence-corrected chi connectivity index (χ4v) is 2.61. The number of aryl methyl sites for hydroxylation is 2. The molecule has 2 amide bonds. The van der Waals surface area contributed by atoms with E-state index in [-0.39, 0.29) is 12.1 Å². The first-order valence-electron chi connectivity index (χ1n) is 8.14. The van der Waals surface area contributed by atoms with Crippen LogP contribution in [0.5, 0.6) is 0 Å². The highest BCUT2D eigenvalue weighted by molar-refractivity contribution is 5.91. The minimum absolute atomic E-state index is 0.0669. The molecule has 0 heterocycles. The topological polar surface area (TPSA) is 61.4 Å². The van der Waals surface area contributed by atoms with Gasteiger partial charge in [-0.15, -0.1) is 0 Å². The molecule has 24 heavy (non-hydrogen) atoms. The minimum Gasteiger partial charge on any atom is -0.386 e. The zero-order valence-electron chi connectivity index (χ0n) is 14.0. The Kier molecular flexibility index (Phi) is 6.32. The first-order valence-corrected chi connectivity index (χ1v) is 8.14. The largest absolute Gasteiger partial charge is 0.386 e. The van der Waals surface area contributed by atoms with Crippen molar-refractivity contribution in [3.63, 3.8) is 0 Å². The van der Waals surface area contributed by atoms with Gasteiger partial charge < -0.3 is 15.7 Å². The highest BCUT2D eigenvalue weighted by Crippen LogP contribution is 2.22. The van der Waals surface area contributed by atoms with Gasteiger partial charge in [-0.05, 0) is 30.0 Å². The van der Waals surface area contributed by atoms with Crippen LogP contribution in [-0.2, 0) is 12.8 Å². The zero-order chi connectivity index (χ0) is 17.5. The predicted molar refractivity (Wildman–Crippen MR) is 93.6 cm³/mol. The van der Waals surface area contributed by atoms with E-state index in [9.17, 15) is 14.3 Å². The quantitative estimate of drug-likeness (QED) is 0.754. The van der Waals surface area contributed by atoms with E-state index in [1.807, 2.05) is 32.0 Å². The number of aliphatic hydroxyl groups excluding tert-OH is 1. The summed E-state index contributed by atoms with van der Waals surface area (Å²) in [6.07, 6.45) is 0.520. The van der Waals surface area contributed by atoms with E-state index in [2.05, 4.69) is 10.6 Å². The molecule has 4 nitrogen and oxygen atoms in total. The number of amides is 2. The molecule has 0 bridgehead atoms. The number of nitrogens with one attached hydrogen (secondary N) is 2. The van der Waals surface area contributed by atoms with Gasteiger partial charge in [0.1, 0.15) is 5.82 Å². The molecule has 1 unspecified atom stereocenters. The van der Waals surface area contributed by atoms with Gasteiger partial charge in [0, 0.05) is 17.8 Å². The van der Waals surface area contributed by atoms with Crippen LogP contribution >= 0.6 is 0 Å². The van der Waals surface area contributed by atoms with E-state index in [0.29, 0.717) is 0 Å². The number of anilines is 1. The maximum Gasteiger partial charge on any atom is 0.319 e. The van der Waals surface area contributed by atoms with Crippen molar-refractivity contribution in [2.45, 2.75) is 32.8 Å². The number of para-hydroxylation sites is 1. The number of hydrogen-bond donors (Lipinski definition) is 3. The minimum atomic E-state index is -1.09. The summed E-state index contributed by atoms with van der Waals surface area (Å²) < 4.78 is 13.6. The lowest BCUT2D eigenvalue weighted by Gasteiger charge is -2.17. The fraction of sp³-hybridized carbons (Fsp3) is 0.316. The van der Waals surface area contributed by atoms with Gasteiger partial charge in [-0.25, -0.2) is 9.18 Å². The van der Waals surface area contributed by atoms with E-state index < -0.39 is 18.0 Å². The zero-order valence-corrected chi connectivity index (χ0v) is 14.0. The van der Waals surface area contributed by atoms with E-state index >= 15 is 0 Å². The summed E-state index contributed by atoms with van der Waals surface area (Å²) in [5.41, 5.74) is 3.08. The van der Waals surface area contributed by atoms with Gasteiger partial charge in [-0.2, -0.15) is 0 Å². The Labute approximate surface area is 141 Å². The predicted octanol–water partition coefficient (Wildman–Crippen LogP) is 3.81. The number of hydrogen-bond acceptors (Lipinski definition) is 2. The molecule has 0 aliphatic carbocycles. The van der Waals surface area contributed by atoms with Gasteiger partial charge in [0.15, 0.2) is 0 Å². The smallest absolute Gasteiger partial charge is 0.319 e. The molecule has 0 aromatic heterocycles. The van der Waals surface area contributed by atoms with E-state index in [1.54, 1.807) is 12.1 Å². The van der Waals surface area contributed by atoms with E-state index in [4.69, 9.17) is 0 Å². The SMILES string of the molecule is CCc1cccc(CC)c1NC(=O)NCC(O)c1ccccc1F. The van der Waals surface area contributed by atoms with Crippen molar-refractivity contribution in [2.75, 3.05) is 11.9 Å². The summed E-state index contributed by atoms with van der Waals surface area (Å²) in [4.78, 5) is 12.1. The normalized spacial score (nSPS) is 11.8. The average Bonchev–Trinajstić information content (AvgIpc) is 2.60. The number of aliphatic hydroxyl groups is 1. The van der Waals surface area contributed by atoms with Crippen LogP contribution in [0.1, 0.15) is 36.6 Å². The van der Waals surface area contributed by atoms with Crippen molar-refractivity contribution in [3.8, 4) is 0 Å². The summed E-state index contributed by atoms with van der Waals surface area (Å²) in [6, 6.07) is 11.5. The van der Waals surface area contributed by atoms with Crippen LogP contribution in [0.25, 0.3) is 0 Å². The van der Waals surface area contributed by atoms with Crippen LogP contribution in [0, 0.1) is 5.82 Å². The lowest BCUT2D eigenvalue weighted by Crippen LogP contribution is -2.33. The number of carbonyl (C=O) groups excluding carboxylic acids is 1. The van der Waals surface area contributed by atoms with Gasteiger partial charge in [0.25, 0.3) is 0 Å². The van der Waals surface area contributed by atoms with Crippen molar-refractivity contribution < 1.29 is 14.3 Å². The molecule has 2 aromatic rings. The first-order chi connectivity index (χ1) is 11.6. The van der Waals surface area contributed by atoms with Crippen molar-refractivity contribution >= 4 is 11.7 Å². The lowest BCUT2D eigenvalue weighted by molar-refractivity contribution is 0.170. The van der Waals surface area contributed by atoms with Crippen molar-refractivity contribution in [1.29, 1.82) is 0 Å². The van der Waals surface area contributed by atoms with Crippen LogP contribution in [0.2, 0.25) is 0 Å². The van der Waals surface area contributed by atoms with Crippen molar-refractivity contribution in [2.24, 2.45) is 0 Å². The van der Waals surface area contributed by atoms with Crippen LogP contribution in [0.3, 0.4) is 0 Å². The molecule has 3 N–H and O–H groups in total. The lowest BCUT2D eigenvalue weighted by atomic mass is 10.0. The molecule has 2 rings (SSSR count). The highest BCUT2D eigenvalue weighted by Gasteiger charge is 2.14. The summed E-state index contributed by atoms with van der Waals surface area (Å²) >= 11 is 0. The molecule has 5 heteroatoms. The maximum atomic E-state index is 13.6. The molecule has 2 aromatic carbocycles. The molecule has 0 aliphatic rings. The molecule has 0 fully saturated rings. The van der Waals surface area contributed by atoms with Crippen LogP contribution < -0.4 is 10.6 Å². The Morgan fingerprint density at radius 3 is 2.29 bits per heavy atom. The maximum absolute atomic E-state index is 13.6. The molecule has 0 spiro atoms. The molecule has 0 aliphatic heterocycles. The molecule has 0 radical (unpaired) electrons. The highest BCUT2D eigenvalue weighted by atomic mass is 19.1. The second-order valence-electron chi connectivity index (χ2n) is 5.53. The van der Waals surface area contributed by atoms with Gasteiger partial charge in [0.2, 0.25) is 0 Å². The Hall–Kier alpha value is -2.40. The molecular weight excluding hydrogens is 307 g/mol. The summed E-state index contributed by atoms with van der Waals surface area (Å²) in [5, 5.41) is 15.5. The Morgan fingerprint density at radius 2 is 1.71 bits per heavy atom. The second-order valence-corrected chi connectivity index (χ2v) is 5.53. The number of halogens is 1. The van der Waals surface area contributed by atoms with Gasteiger partial charge in [-0.1, -0.05) is 50.2 Å². The second kappa shape index (κ2) is 8.45. The van der Waals surface area contributed by atoms with Gasteiger partial charge >= 0.3 is 6.03 Å². The van der Waals surface area contributed by atoms with Gasteiger partial charge in [0.05, 0.1) is 6.10 Å². The first kappa shape index (κ1) is 17.9. The number of rotatable bonds is 6. The summed E-state index contributed by atoms with van der Waals surface area (Å²) in [5.74, 6) is -0.489. The van der Waals surface area contributed by atoms with Crippen LogP contribution in [-0.4, -0.2) is 17.7 Å². The Balaban J connectivity index is 2.01. The van der Waals surface area contributed by atoms with Crippen LogP contribution in [0.15, 0.2) is 42.5 Å². The molecule has 0 saturated carbocycles. The number of carbonyl (C=O) groups is 1. The summed E-state index contributed by atoms with van der Waals surface area (Å²) in [6.45, 7) is 3.99. The molecule has 128 valence electrons.